The van der Waals surface area contributed by atoms with Gasteiger partial charge >= 0.3 is 0 Å². The van der Waals surface area contributed by atoms with E-state index in [9.17, 15) is 0 Å². The number of hydrogen-bond donors (Lipinski definition) is 0. The summed E-state index contributed by atoms with van der Waals surface area (Å²) in [5.41, 5.74) is 24.4. The first-order valence-electron chi connectivity index (χ1n) is 30.2. The average molecular weight is 1170 g/mol. The van der Waals surface area contributed by atoms with Crippen LogP contribution in [0.3, 0.4) is 0 Å². The molecule has 0 bridgehead atoms. The zero-order chi connectivity index (χ0) is 65.7. The third-order valence-electron chi connectivity index (χ3n) is 13.0. The van der Waals surface area contributed by atoms with Crippen molar-refractivity contribution < 1.29 is 0 Å². The van der Waals surface area contributed by atoms with E-state index in [2.05, 4.69) is 332 Å². The quantitative estimate of drug-likeness (QED) is 0.155. The van der Waals surface area contributed by atoms with Crippen molar-refractivity contribution in [2.24, 2.45) is 0 Å². The zero-order valence-corrected chi connectivity index (χ0v) is 56.1. The second kappa shape index (κ2) is 43.7. The Morgan fingerprint density at radius 1 is 0.133 bits per heavy atom. The molecule has 0 N–H and O–H groups in total. The molecular formula is C90H88. The van der Waals surface area contributed by atoms with Gasteiger partial charge < -0.3 is 0 Å². The van der Waals surface area contributed by atoms with Crippen LogP contribution in [0.5, 0.6) is 0 Å². The molecule has 0 unspecified atom stereocenters. The van der Waals surface area contributed by atoms with E-state index in [-0.39, 0.29) is 0 Å². The summed E-state index contributed by atoms with van der Waals surface area (Å²) in [5.74, 6) is 40.6. The lowest BCUT2D eigenvalue weighted by Gasteiger charge is -2.02. The summed E-state index contributed by atoms with van der Waals surface area (Å²) in [7, 11) is 0. The van der Waals surface area contributed by atoms with E-state index in [0.29, 0.717) is 0 Å². The molecule has 10 aromatic carbocycles. The molecule has 0 saturated heterocycles. The smallest absolute Gasteiger partial charge is 0.0245 e. The maximum atomic E-state index is 3.05. The number of rotatable bonds is 3. The number of aryl methyl sites for hydroxylation is 8. The molecule has 0 heterocycles. The minimum Gasteiger partial charge on any atom is -0.107 e. The highest BCUT2D eigenvalue weighted by molar-refractivity contribution is 5.66. The molecule has 10 rings (SSSR count). The highest BCUT2D eigenvalue weighted by Crippen LogP contribution is 2.22. The molecule has 0 amide bonds. The van der Waals surface area contributed by atoms with Crippen LogP contribution in [0.25, 0.3) is 33.4 Å². The highest BCUT2D eigenvalue weighted by Gasteiger charge is 1.99. The van der Waals surface area contributed by atoms with Crippen LogP contribution in [-0.4, -0.2) is 0 Å². The first kappa shape index (κ1) is 73.4. The molecule has 0 aliphatic rings. The Labute approximate surface area is 544 Å². The van der Waals surface area contributed by atoms with E-state index in [1.807, 2.05) is 104 Å². The Balaban J connectivity index is 0.000000274. The highest BCUT2D eigenvalue weighted by atomic mass is 14.0. The van der Waals surface area contributed by atoms with Crippen molar-refractivity contribution in [3.63, 3.8) is 0 Å². The van der Waals surface area contributed by atoms with Gasteiger partial charge in [-0.1, -0.05) is 250 Å². The van der Waals surface area contributed by atoms with Crippen LogP contribution < -0.4 is 0 Å². The molecule has 0 saturated carbocycles. The van der Waals surface area contributed by atoms with E-state index < -0.39 is 0 Å². The number of hydrogen-bond acceptors (Lipinski definition) is 0. The fraction of sp³-hybridized carbons (Fsp3) is 0.178. The van der Waals surface area contributed by atoms with Crippen LogP contribution in [0.1, 0.15) is 133 Å². The van der Waals surface area contributed by atoms with Crippen molar-refractivity contribution in [2.75, 3.05) is 0 Å². The van der Waals surface area contributed by atoms with Crippen molar-refractivity contribution >= 4 is 0 Å². The molecule has 0 heteroatoms. The summed E-state index contributed by atoms with van der Waals surface area (Å²) >= 11 is 0. The van der Waals surface area contributed by atoms with Gasteiger partial charge in [0.05, 0.1) is 0 Å². The lowest BCUT2D eigenvalue weighted by molar-refractivity contribution is 1.40. The molecule has 0 spiro atoms. The standard InChI is InChI=1S/2C16H14.C14H14.C12H10.2C10H10.C8H10.C4H6/c2*1-3-4-14-7-11-16(12-8-14)15-9-5-13(2)6-10-15;1-11-3-7-13(8-4-11)14-9-5-12(2)6-10-14;1-3-5-11-7-9-12(6-4-2)10-8-11;2*1-3-4-10-7-5-9(2)6-8-10;1-7-3-5-8(2)6-4-7;1-3-4-2/h2*5-12H,1-2H3;3-10H,1-2H3;7-10H,1-2H3;2*5-8H,1-2H3;3-6H,1-2H3;1-2H3. The Bertz CT molecular complexity index is 3850. The van der Waals surface area contributed by atoms with Gasteiger partial charge in [-0.25, -0.2) is 0 Å². The lowest BCUT2D eigenvalue weighted by atomic mass is 10.0. The normalized spacial score (nSPS) is 8.71. The van der Waals surface area contributed by atoms with Gasteiger partial charge in [0, 0.05) is 33.4 Å². The van der Waals surface area contributed by atoms with Crippen molar-refractivity contribution in [1.29, 1.82) is 0 Å². The second-order valence-electron chi connectivity index (χ2n) is 20.8. The van der Waals surface area contributed by atoms with Gasteiger partial charge in [0.25, 0.3) is 0 Å². The van der Waals surface area contributed by atoms with E-state index in [4.69, 9.17) is 0 Å². The monoisotopic (exact) mass is 1170 g/mol. The first-order chi connectivity index (χ1) is 43.6. The number of benzene rings is 10. The Morgan fingerprint density at radius 3 is 0.367 bits per heavy atom. The van der Waals surface area contributed by atoms with Gasteiger partial charge in [0.2, 0.25) is 0 Å². The molecular weight excluding hydrogens is 1080 g/mol. The summed E-state index contributed by atoms with van der Waals surface area (Å²) in [5, 5.41) is 0. The van der Waals surface area contributed by atoms with Gasteiger partial charge in [0.1, 0.15) is 0 Å². The summed E-state index contributed by atoms with van der Waals surface area (Å²) in [6, 6.07) is 83.9. The van der Waals surface area contributed by atoms with E-state index in [1.54, 1.807) is 0 Å². The van der Waals surface area contributed by atoms with Crippen LogP contribution in [0.15, 0.2) is 243 Å². The average Bonchev–Trinajstić information content (AvgIpc) is 2.98. The van der Waals surface area contributed by atoms with Crippen LogP contribution >= 0.6 is 0 Å². The van der Waals surface area contributed by atoms with Crippen LogP contribution in [0, 0.1) is 138 Å². The Kier molecular flexibility index (Phi) is 35.6. The third-order valence-corrected chi connectivity index (χ3v) is 13.0. The summed E-state index contributed by atoms with van der Waals surface area (Å²) in [6.45, 7) is 31.5. The summed E-state index contributed by atoms with van der Waals surface area (Å²) in [4.78, 5) is 0. The molecule has 0 atom stereocenters. The predicted octanol–water partition coefficient (Wildman–Crippen LogP) is 22.5. The molecule has 0 nitrogen and oxygen atoms in total. The largest absolute Gasteiger partial charge is 0.107 e. The molecule has 10 aromatic rings. The minimum atomic E-state index is 1.04. The maximum absolute atomic E-state index is 3.05. The van der Waals surface area contributed by atoms with Crippen LogP contribution in [0.2, 0.25) is 0 Å². The minimum absolute atomic E-state index is 1.04. The SMILES string of the molecule is CC#CC.CC#Cc1ccc(-c2ccc(C)cc2)cc1.CC#Cc1ccc(-c2ccc(C)cc2)cc1.CC#Cc1ccc(C#CC)cc1.CC#Cc1ccc(C)cc1.CC#Cc1ccc(C)cc1.Cc1ccc(-c2ccc(C)cc2)cc1.Cc1ccc(C)cc1. The molecule has 0 radical (unpaired) electrons. The van der Waals surface area contributed by atoms with Gasteiger partial charge in [-0.3, -0.25) is 0 Å². The van der Waals surface area contributed by atoms with Gasteiger partial charge in [0.15, 0.2) is 0 Å². The zero-order valence-electron chi connectivity index (χ0n) is 56.1. The second-order valence-corrected chi connectivity index (χ2v) is 20.8. The van der Waals surface area contributed by atoms with E-state index in [0.717, 1.165) is 33.4 Å². The molecule has 90 heavy (non-hydrogen) atoms. The van der Waals surface area contributed by atoms with Gasteiger partial charge in [-0.2, -0.15) is 0 Å². The van der Waals surface area contributed by atoms with Crippen molar-refractivity contribution in [3.05, 3.63) is 321 Å². The Morgan fingerprint density at radius 2 is 0.233 bits per heavy atom. The summed E-state index contributed by atoms with van der Waals surface area (Å²) < 4.78 is 0. The molecule has 0 fully saturated rings. The fourth-order valence-corrected chi connectivity index (χ4v) is 7.89. The Hall–Kier alpha value is -10.9. The van der Waals surface area contributed by atoms with Crippen LogP contribution in [-0.2, 0) is 0 Å². The van der Waals surface area contributed by atoms with Gasteiger partial charge in [-0.15, -0.1) is 47.4 Å². The molecule has 0 aliphatic heterocycles. The topological polar surface area (TPSA) is 0 Å². The lowest BCUT2D eigenvalue weighted by Crippen LogP contribution is -1.79. The molecule has 0 aromatic heterocycles. The molecule has 448 valence electrons. The first-order valence-corrected chi connectivity index (χ1v) is 30.2. The fourth-order valence-electron chi connectivity index (χ4n) is 7.89. The summed E-state index contributed by atoms with van der Waals surface area (Å²) in [6.07, 6.45) is 0. The van der Waals surface area contributed by atoms with Crippen LogP contribution in [0.4, 0.5) is 0 Å². The predicted molar refractivity (Wildman–Crippen MR) is 394 cm³/mol. The molecule has 0 aliphatic carbocycles. The van der Waals surface area contributed by atoms with Gasteiger partial charge in [-0.05, 0) is 217 Å². The van der Waals surface area contributed by atoms with Crippen molar-refractivity contribution in [2.45, 2.75) is 111 Å². The third kappa shape index (κ3) is 31.0. The van der Waals surface area contributed by atoms with Crippen molar-refractivity contribution in [3.8, 4) is 116 Å². The van der Waals surface area contributed by atoms with E-state index >= 15 is 0 Å². The van der Waals surface area contributed by atoms with Crippen molar-refractivity contribution in [1.82, 2.24) is 0 Å². The van der Waals surface area contributed by atoms with E-state index in [1.165, 1.54) is 77.9 Å². The maximum Gasteiger partial charge on any atom is 0.0245 e.